The van der Waals surface area contributed by atoms with Gasteiger partial charge in [0.15, 0.2) is 0 Å². The molecule has 0 spiro atoms. The van der Waals surface area contributed by atoms with E-state index in [-0.39, 0.29) is 0 Å². The van der Waals surface area contributed by atoms with Crippen LogP contribution in [0.3, 0.4) is 0 Å². The summed E-state index contributed by atoms with van der Waals surface area (Å²) in [6.07, 6.45) is 3.73. The number of aromatic nitrogens is 1. The van der Waals surface area contributed by atoms with Crippen molar-refractivity contribution in [1.29, 1.82) is 0 Å². The topological polar surface area (TPSA) is 34.5 Å². The van der Waals surface area contributed by atoms with Crippen molar-refractivity contribution >= 4 is 27.8 Å². The molecule has 3 rings (SSSR count). The predicted octanol–water partition coefficient (Wildman–Crippen LogP) is 5.27. The third kappa shape index (κ3) is 3.85. The number of ether oxygens (including phenoxy) is 1. The lowest BCUT2D eigenvalue weighted by Crippen LogP contribution is -1.88. The van der Waals surface area contributed by atoms with Crippen LogP contribution in [0.15, 0.2) is 76.5 Å². The van der Waals surface area contributed by atoms with Crippen LogP contribution in [0.25, 0.3) is 11.1 Å². The molecule has 0 saturated heterocycles. The lowest BCUT2D eigenvalue weighted by Gasteiger charge is -2.05. The lowest BCUT2D eigenvalue weighted by atomic mass is 10.0. The first kappa shape index (κ1) is 15.4. The molecular formula is C19H15BrN2O. The van der Waals surface area contributed by atoms with Gasteiger partial charge >= 0.3 is 0 Å². The Bertz CT molecular complexity index is 812. The first-order valence-corrected chi connectivity index (χ1v) is 7.94. The van der Waals surface area contributed by atoms with Crippen molar-refractivity contribution in [3.8, 4) is 16.9 Å². The van der Waals surface area contributed by atoms with Crippen LogP contribution >= 0.6 is 15.9 Å². The van der Waals surface area contributed by atoms with E-state index < -0.39 is 0 Å². The Morgan fingerprint density at radius 3 is 2.48 bits per heavy atom. The van der Waals surface area contributed by atoms with Gasteiger partial charge < -0.3 is 4.74 Å². The SMILES string of the molecule is COc1ccc(N=Cc2ccccc2-c2ccc(Br)nc2)cc1. The molecule has 1 heterocycles. The van der Waals surface area contributed by atoms with Gasteiger partial charge in [-0.25, -0.2) is 4.98 Å². The van der Waals surface area contributed by atoms with Crippen LogP contribution < -0.4 is 4.74 Å². The highest BCUT2D eigenvalue weighted by molar-refractivity contribution is 9.10. The minimum atomic E-state index is 0.824. The second-order valence-corrected chi connectivity index (χ2v) is 5.73. The molecule has 0 aliphatic rings. The van der Waals surface area contributed by atoms with E-state index in [1.807, 2.05) is 67.0 Å². The molecule has 0 N–H and O–H groups in total. The molecule has 0 unspecified atom stereocenters. The van der Waals surface area contributed by atoms with Gasteiger partial charge in [0, 0.05) is 23.5 Å². The van der Waals surface area contributed by atoms with E-state index in [1.54, 1.807) is 7.11 Å². The Kier molecular flexibility index (Phi) is 4.83. The second kappa shape index (κ2) is 7.20. The van der Waals surface area contributed by atoms with Crippen LogP contribution in [0.1, 0.15) is 5.56 Å². The zero-order chi connectivity index (χ0) is 16.1. The average molecular weight is 367 g/mol. The third-order valence-corrected chi connectivity index (χ3v) is 3.89. The fourth-order valence-electron chi connectivity index (χ4n) is 2.22. The maximum absolute atomic E-state index is 5.16. The number of pyridine rings is 1. The Labute approximate surface area is 143 Å². The maximum Gasteiger partial charge on any atom is 0.119 e. The van der Waals surface area contributed by atoms with Crippen molar-refractivity contribution in [2.45, 2.75) is 0 Å². The van der Waals surface area contributed by atoms with Crippen molar-refractivity contribution in [3.05, 3.63) is 77.0 Å². The van der Waals surface area contributed by atoms with Gasteiger partial charge in [-0.15, -0.1) is 0 Å². The van der Waals surface area contributed by atoms with Crippen LogP contribution in [0.4, 0.5) is 5.69 Å². The van der Waals surface area contributed by atoms with Gasteiger partial charge in [0.05, 0.1) is 12.8 Å². The highest BCUT2D eigenvalue weighted by Gasteiger charge is 2.03. The van der Waals surface area contributed by atoms with Crippen LogP contribution in [0.2, 0.25) is 0 Å². The average Bonchev–Trinajstić information content (AvgIpc) is 2.61. The van der Waals surface area contributed by atoms with E-state index in [0.717, 1.165) is 32.7 Å². The quantitative estimate of drug-likeness (QED) is 0.465. The van der Waals surface area contributed by atoms with Crippen molar-refractivity contribution in [2.75, 3.05) is 7.11 Å². The third-order valence-electron chi connectivity index (χ3n) is 3.42. The van der Waals surface area contributed by atoms with Crippen LogP contribution in [-0.4, -0.2) is 18.3 Å². The molecule has 114 valence electrons. The van der Waals surface area contributed by atoms with Crippen LogP contribution in [-0.2, 0) is 0 Å². The number of aliphatic imine (C=N–C) groups is 1. The number of hydrogen-bond acceptors (Lipinski definition) is 3. The fourth-order valence-corrected chi connectivity index (χ4v) is 2.45. The van der Waals surface area contributed by atoms with E-state index in [1.165, 1.54) is 0 Å². The number of rotatable bonds is 4. The van der Waals surface area contributed by atoms with E-state index >= 15 is 0 Å². The summed E-state index contributed by atoms with van der Waals surface area (Å²) in [5, 5.41) is 0. The van der Waals surface area contributed by atoms with Crippen LogP contribution in [0.5, 0.6) is 5.75 Å². The van der Waals surface area contributed by atoms with Gasteiger partial charge in [0.2, 0.25) is 0 Å². The van der Waals surface area contributed by atoms with Crippen molar-refractivity contribution in [1.82, 2.24) is 4.98 Å². The molecule has 0 aliphatic carbocycles. The number of halogens is 1. The van der Waals surface area contributed by atoms with Gasteiger partial charge in [-0.05, 0) is 51.8 Å². The summed E-state index contributed by atoms with van der Waals surface area (Å²) in [4.78, 5) is 8.84. The summed E-state index contributed by atoms with van der Waals surface area (Å²) in [6, 6.07) is 19.8. The molecule has 0 aliphatic heterocycles. The summed E-state index contributed by atoms with van der Waals surface area (Å²) in [5.41, 5.74) is 4.09. The van der Waals surface area contributed by atoms with Crippen molar-refractivity contribution in [3.63, 3.8) is 0 Å². The summed E-state index contributed by atoms with van der Waals surface area (Å²) >= 11 is 3.36. The zero-order valence-corrected chi connectivity index (χ0v) is 14.2. The summed E-state index contributed by atoms with van der Waals surface area (Å²) in [7, 11) is 1.65. The molecule has 1 aromatic heterocycles. The summed E-state index contributed by atoms with van der Waals surface area (Å²) in [5.74, 6) is 0.824. The molecule has 0 amide bonds. The standard InChI is InChI=1S/C19H15BrN2O/c1-23-17-9-7-16(8-10-17)21-12-14-4-2-3-5-18(14)15-6-11-19(20)22-13-15/h2-13H,1H3. The van der Waals surface area contributed by atoms with Gasteiger partial charge in [0.25, 0.3) is 0 Å². The minimum Gasteiger partial charge on any atom is -0.497 e. The first-order chi connectivity index (χ1) is 11.3. The second-order valence-electron chi connectivity index (χ2n) is 4.91. The number of nitrogens with zero attached hydrogens (tertiary/aromatic N) is 2. The van der Waals surface area contributed by atoms with E-state index in [4.69, 9.17) is 4.74 Å². The fraction of sp³-hybridized carbons (Fsp3) is 0.0526. The molecule has 3 nitrogen and oxygen atoms in total. The van der Waals surface area contributed by atoms with Crippen molar-refractivity contribution in [2.24, 2.45) is 4.99 Å². The highest BCUT2D eigenvalue weighted by Crippen LogP contribution is 2.24. The molecule has 0 bridgehead atoms. The molecule has 3 aromatic rings. The smallest absolute Gasteiger partial charge is 0.119 e. The molecular weight excluding hydrogens is 352 g/mol. The van der Waals surface area contributed by atoms with E-state index in [0.29, 0.717) is 0 Å². The van der Waals surface area contributed by atoms with Gasteiger partial charge in [-0.3, -0.25) is 4.99 Å². The Hall–Kier alpha value is -2.46. The van der Waals surface area contributed by atoms with E-state index in [9.17, 15) is 0 Å². The molecule has 0 fully saturated rings. The van der Waals surface area contributed by atoms with Gasteiger partial charge in [0.1, 0.15) is 10.4 Å². The maximum atomic E-state index is 5.16. The Morgan fingerprint density at radius 2 is 1.78 bits per heavy atom. The molecule has 23 heavy (non-hydrogen) atoms. The number of hydrogen-bond donors (Lipinski definition) is 0. The largest absolute Gasteiger partial charge is 0.497 e. The molecule has 0 saturated carbocycles. The molecule has 0 radical (unpaired) electrons. The number of benzene rings is 2. The first-order valence-electron chi connectivity index (χ1n) is 7.15. The van der Waals surface area contributed by atoms with Crippen LogP contribution in [0, 0.1) is 0 Å². The van der Waals surface area contributed by atoms with E-state index in [2.05, 4.69) is 32.0 Å². The monoisotopic (exact) mass is 366 g/mol. The Morgan fingerprint density at radius 1 is 1.00 bits per heavy atom. The molecule has 2 aromatic carbocycles. The molecule has 0 atom stereocenters. The highest BCUT2D eigenvalue weighted by atomic mass is 79.9. The Balaban J connectivity index is 1.90. The van der Waals surface area contributed by atoms with Crippen molar-refractivity contribution < 1.29 is 4.74 Å². The zero-order valence-electron chi connectivity index (χ0n) is 12.6. The van der Waals surface area contributed by atoms with Gasteiger partial charge in [-0.1, -0.05) is 30.3 Å². The minimum absolute atomic E-state index is 0.824. The number of methoxy groups -OCH3 is 1. The normalized spacial score (nSPS) is 10.9. The predicted molar refractivity (Wildman–Crippen MR) is 97.6 cm³/mol. The lowest BCUT2D eigenvalue weighted by molar-refractivity contribution is 0.415. The summed E-state index contributed by atoms with van der Waals surface area (Å²) in [6.45, 7) is 0. The summed E-state index contributed by atoms with van der Waals surface area (Å²) < 4.78 is 5.98. The molecule has 4 heteroatoms. The van der Waals surface area contributed by atoms with Gasteiger partial charge in [-0.2, -0.15) is 0 Å².